The Morgan fingerprint density at radius 2 is 1.87 bits per heavy atom. The Morgan fingerprint density at radius 1 is 1.26 bits per heavy atom. The molecule has 4 N–H and O–H groups in total. The van der Waals surface area contributed by atoms with Gasteiger partial charge in [-0.05, 0) is 12.0 Å². The van der Waals surface area contributed by atoms with E-state index in [2.05, 4.69) is 9.50 Å². The van der Waals surface area contributed by atoms with Gasteiger partial charge in [-0.25, -0.2) is 4.79 Å². The zero-order chi connectivity index (χ0) is 23.1. The number of hydrogen-bond acceptors (Lipinski definition) is 7. The van der Waals surface area contributed by atoms with Crippen LogP contribution < -0.4 is 11.1 Å². The highest BCUT2D eigenvalue weighted by Crippen LogP contribution is 2.39. The number of nitrogens with two attached hydrogens (primary N) is 1. The summed E-state index contributed by atoms with van der Waals surface area (Å²) >= 11 is 0. The molecule has 0 bridgehead atoms. The van der Waals surface area contributed by atoms with E-state index >= 15 is 0 Å². The molecule has 0 saturated carbocycles. The fraction of sp³-hybridized carbons (Fsp3) is 0.353. The Labute approximate surface area is 173 Å². The summed E-state index contributed by atoms with van der Waals surface area (Å²) < 4.78 is 64.2. The molecule has 1 aromatic carbocycles. The Hall–Kier alpha value is -3.13. The topological polar surface area (TPSA) is 156 Å². The molecule has 2 heterocycles. The van der Waals surface area contributed by atoms with E-state index in [9.17, 15) is 41.1 Å². The fourth-order valence-electron chi connectivity index (χ4n) is 3.34. The minimum Gasteiger partial charge on any atom is -0.476 e. The number of fused-ring (bicyclic) bond motifs is 1. The number of alkyl halides is 3. The van der Waals surface area contributed by atoms with Crippen molar-refractivity contribution < 1.29 is 45.3 Å². The Balaban J connectivity index is 1.79. The minimum absolute atomic E-state index is 0.142. The van der Waals surface area contributed by atoms with Crippen LogP contribution in [0.1, 0.15) is 24.4 Å². The van der Waals surface area contributed by atoms with Gasteiger partial charge in [0, 0.05) is 6.42 Å². The van der Waals surface area contributed by atoms with Gasteiger partial charge in [0.25, 0.3) is 5.91 Å². The third kappa shape index (κ3) is 4.07. The number of carboxylic acids is 1. The minimum atomic E-state index is -6.12. The van der Waals surface area contributed by atoms with E-state index in [1.54, 1.807) is 30.3 Å². The van der Waals surface area contributed by atoms with Crippen LogP contribution in [0, 0.1) is 0 Å². The number of amides is 2. The van der Waals surface area contributed by atoms with E-state index in [0.717, 1.165) is 0 Å². The van der Waals surface area contributed by atoms with Crippen LogP contribution >= 0.6 is 0 Å². The molecule has 2 amide bonds. The van der Waals surface area contributed by atoms with Crippen molar-refractivity contribution in [1.82, 2.24) is 10.2 Å². The first-order valence-electron chi connectivity index (χ1n) is 8.76. The molecule has 3 rings (SSSR count). The summed E-state index contributed by atoms with van der Waals surface area (Å²) in [7, 11) is -6.12. The lowest BCUT2D eigenvalue weighted by Gasteiger charge is -2.49. The lowest BCUT2D eigenvalue weighted by Crippen LogP contribution is -2.72. The fourth-order valence-corrected chi connectivity index (χ4v) is 3.87. The number of benzene rings is 1. The molecule has 0 spiro atoms. The molecule has 0 radical (unpaired) electrons. The number of aliphatic carboxylic acids is 1. The average Bonchev–Trinajstić information content (AvgIpc) is 2.70. The van der Waals surface area contributed by atoms with E-state index in [0.29, 0.717) is 10.5 Å². The molecule has 0 aliphatic carbocycles. The number of nitrogens with one attached hydrogen (secondary N) is 1. The monoisotopic (exact) mass is 463 g/mol. The first-order valence-corrected chi connectivity index (χ1v) is 10.2. The number of carbonyl (C=O) groups excluding carboxylic acids is 2. The molecular formula is C17H16F3N3O7S. The van der Waals surface area contributed by atoms with Crippen molar-refractivity contribution >= 4 is 27.9 Å². The zero-order valence-electron chi connectivity index (χ0n) is 15.5. The highest BCUT2D eigenvalue weighted by Gasteiger charge is 2.56. The normalized spacial score (nSPS) is 22.3. The third-order valence-corrected chi connectivity index (χ3v) is 5.81. The van der Waals surface area contributed by atoms with Gasteiger partial charge >= 0.3 is 21.6 Å². The van der Waals surface area contributed by atoms with Gasteiger partial charge in [-0.3, -0.25) is 14.5 Å². The summed E-state index contributed by atoms with van der Waals surface area (Å²) in [6.45, 7) is 0. The summed E-state index contributed by atoms with van der Waals surface area (Å²) in [6, 6.07) is 5.01. The van der Waals surface area contributed by atoms with Crippen LogP contribution in [-0.4, -0.2) is 53.8 Å². The molecule has 10 nitrogen and oxygen atoms in total. The van der Waals surface area contributed by atoms with Gasteiger partial charge in [0.05, 0.1) is 6.04 Å². The van der Waals surface area contributed by atoms with Gasteiger partial charge in [0.15, 0.2) is 11.5 Å². The van der Waals surface area contributed by atoms with Crippen LogP contribution in [0.25, 0.3) is 0 Å². The molecule has 31 heavy (non-hydrogen) atoms. The molecule has 0 aromatic heterocycles. The number of rotatable bonds is 6. The summed E-state index contributed by atoms with van der Waals surface area (Å²) in [5.41, 5.74) is -0.478. The lowest BCUT2D eigenvalue weighted by molar-refractivity contribution is -0.156. The van der Waals surface area contributed by atoms with E-state index in [1.165, 1.54) is 0 Å². The van der Waals surface area contributed by atoms with E-state index in [4.69, 9.17) is 5.73 Å². The van der Waals surface area contributed by atoms with Crippen molar-refractivity contribution in [3.8, 4) is 0 Å². The van der Waals surface area contributed by atoms with Gasteiger partial charge in [-0.1, -0.05) is 30.3 Å². The Bertz CT molecular complexity index is 1060. The van der Waals surface area contributed by atoms with Crippen LogP contribution in [0.15, 0.2) is 41.8 Å². The van der Waals surface area contributed by atoms with Crippen LogP contribution in [-0.2, 0) is 28.7 Å². The molecule has 2 aliphatic rings. The number of allylic oxidation sites excluding steroid dienone is 1. The van der Waals surface area contributed by atoms with Crippen LogP contribution in [0.2, 0.25) is 0 Å². The predicted molar refractivity (Wildman–Crippen MR) is 95.9 cm³/mol. The second-order valence-electron chi connectivity index (χ2n) is 6.75. The maximum atomic E-state index is 12.6. The molecule has 1 aromatic rings. The number of carboxylic acid groups (broad SMARTS) is 1. The summed E-state index contributed by atoms with van der Waals surface area (Å²) in [5.74, 6) is -4.52. The number of halogens is 3. The molecule has 1 fully saturated rings. The molecule has 3 atom stereocenters. The maximum absolute atomic E-state index is 12.6. The van der Waals surface area contributed by atoms with Crippen LogP contribution in [0.4, 0.5) is 13.2 Å². The molecule has 168 valence electrons. The molecule has 0 unspecified atom stereocenters. The largest absolute Gasteiger partial charge is 0.534 e. The highest BCUT2D eigenvalue weighted by molar-refractivity contribution is 7.87. The first kappa shape index (κ1) is 22.6. The van der Waals surface area contributed by atoms with Gasteiger partial charge in [0.2, 0.25) is 5.91 Å². The Kier molecular flexibility index (Phi) is 5.71. The smallest absolute Gasteiger partial charge is 0.476 e. The summed E-state index contributed by atoms with van der Waals surface area (Å²) in [6.07, 6.45) is -0.654. The van der Waals surface area contributed by atoms with Crippen molar-refractivity contribution in [3.63, 3.8) is 0 Å². The SMILES string of the molecule is N[C@@H](C(=O)N[C@@H]1C(=O)N2C(C(=O)O)=C(OS(=O)(=O)C(F)(F)F)CC[C@H]12)c1ccccc1. The van der Waals surface area contributed by atoms with Crippen molar-refractivity contribution in [3.05, 3.63) is 47.4 Å². The van der Waals surface area contributed by atoms with Gasteiger partial charge < -0.3 is 20.3 Å². The first-order chi connectivity index (χ1) is 14.3. The number of β-lactam (4-membered cyclic amide) rings is 1. The number of nitrogens with zero attached hydrogens (tertiary/aromatic N) is 1. The van der Waals surface area contributed by atoms with E-state index in [-0.39, 0.29) is 6.42 Å². The van der Waals surface area contributed by atoms with Crippen LogP contribution in [0.3, 0.4) is 0 Å². The predicted octanol–water partition coefficient (Wildman–Crippen LogP) is 0.338. The Morgan fingerprint density at radius 3 is 2.42 bits per heavy atom. The van der Waals surface area contributed by atoms with Crippen molar-refractivity contribution in [2.24, 2.45) is 5.73 Å². The van der Waals surface area contributed by atoms with E-state index < -0.39 is 69.4 Å². The van der Waals surface area contributed by atoms with Crippen LogP contribution in [0.5, 0.6) is 0 Å². The summed E-state index contributed by atoms with van der Waals surface area (Å²) in [4.78, 5) is 37.0. The number of hydrogen-bond donors (Lipinski definition) is 3. The number of carbonyl (C=O) groups is 3. The van der Waals surface area contributed by atoms with Gasteiger partial charge in [-0.2, -0.15) is 21.6 Å². The molecule has 14 heteroatoms. The second kappa shape index (κ2) is 7.85. The third-order valence-electron chi connectivity index (χ3n) is 4.83. The van der Waals surface area contributed by atoms with Crippen molar-refractivity contribution in [1.29, 1.82) is 0 Å². The van der Waals surface area contributed by atoms with Gasteiger partial charge in [-0.15, -0.1) is 0 Å². The van der Waals surface area contributed by atoms with E-state index in [1.807, 2.05) is 0 Å². The molecule has 2 aliphatic heterocycles. The quantitative estimate of drug-likeness (QED) is 0.310. The standard InChI is InChI=1S/C17H16F3N3O7S/c18-17(19,20)31(28,29)30-10-7-6-9-12(15(25)23(9)13(10)16(26)27)22-14(24)11(21)8-4-2-1-3-5-8/h1-5,9,11-12H,6-7,21H2,(H,22,24)(H,26,27)/t9-,11-,12+/m1/s1. The molecule has 1 saturated heterocycles. The summed E-state index contributed by atoms with van der Waals surface area (Å²) in [5, 5.41) is 11.7. The average molecular weight is 463 g/mol. The maximum Gasteiger partial charge on any atom is 0.534 e. The van der Waals surface area contributed by atoms with Gasteiger partial charge in [0.1, 0.15) is 12.1 Å². The lowest BCUT2D eigenvalue weighted by atomic mass is 9.85. The van der Waals surface area contributed by atoms with Crippen molar-refractivity contribution in [2.75, 3.05) is 0 Å². The zero-order valence-corrected chi connectivity index (χ0v) is 16.3. The highest BCUT2D eigenvalue weighted by atomic mass is 32.2. The molecular weight excluding hydrogens is 447 g/mol. The second-order valence-corrected chi connectivity index (χ2v) is 8.29. The van der Waals surface area contributed by atoms with Crippen molar-refractivity contribution in [2.45, 2.75) is 36.5 Å².